The van der Waals surface area contributed by atoms with Crippen LogP contribution >= 0.6 is 7.60 Å². The zero-order chi connectivity index (χ0) is 34.3. The van der Waals surface area contributed by atoms with Crippen molar-refractivity contribution in [1.29, 1.82) is 0 Å². The lowest BCUT2D eigenvalue weighted by Crippen LogP contribution is -2.55. The second kappa shape index (κ2) is 14.6. The summed E-state index contributed by atoms with van der Waals surface area (Å²) in [5.41, 5.74) is -0.650. The van der Waals surface area contributed by atoms with Crippen molar-refractivity contribution in [3.63, 3.8) is 0 Å². The first-order valence-corrected chi connectivity index (χ1v) is 14.6. The summed E-state index contributed by atoms with van der Waals surface area (Å²) in [6.45, 7) is 1.38. The lowest BCUT2D eigenvalue weighted by atomic mass is 9.99. The van der Waals surface area contributed by atoms with Gasteiger partial charge in [0.2, 0.25) is 17.7 Å². The second-order valence-corrected chi connectivity index (χ2v) is 11.8. The highest BCUT2D eigenvalue weighted by Gasteiger charge is 2.50. The van der Waals surface area contributed by atoms with Gasteiger partial charge >= 0.3 is 31.1 Å². The number of alkyl halides is 4. The number of primary amides is 1. The summed E-state index contributed by atoms with van der Waals surface area (Å²) in [7, 11) is -5.87. The van der Waals surface area contributed by atoms with E-state index in [-0.39, 0.29) is 30.4 Å². The zero-order valence-electron chi connectivity index (χ0n) is 23.5. The van der Waals surface area contributed by atoms with Crippen molar-refractivity contribution in [3.8, 4) is 0 Å². The molecule has 18 heteroatoms. The third kappa shape index (κ3) is 9.83. The number of nitrogens with two attached hydrogens (primary N) is 1. The van der Waals surface area contributed by atoms with Crippen LogP contribution in [-0.4, -0.2) is 61.7 Å². The number of carbonyl (C=O) groups excluding carboxylic acids is 3. The van der Waals surface area contributed by atoms with E-state index in [9.17, 15) is 46.1 Å². The topological polar surface area (TPSA) is 233 Å². The van der Waals surface area contributed by atoms with E-state index in [0.29, 0.717) is 12.1 Å². The van der Waals surface area contributed by atoms with E-state index in [0.717, 1.165) is 36.4 Å². The van der Waals surface area contributed by atoms with E-state index in [2.05, 4.69) is 10.6 Å². The second-order valence-electron chi connectivity index (χ2n) is 10.1. The Kier molecular flexibility index (Phi) is 12.0. The minimum Gasteiger partial charge on any atom is -0.481 e. The van der Waals surface area contributed by atoms with Gasteiger partial charge in [-0.15, -0.1) is 0 Å². The first-order chi connectivity index (χ1) is 20.7. The average molecular weight is 664 g/mol. The highest BCUT2D eigenvalue weighted by atomic mass is 31.2. The van der Waals surface area contributed by atoms with Crippen LogP contribution in [0.4, 0.5) is 17.6 Å². The standard InChI is InChI=1S/C27H30F4N3O10P/c1-14(2-11-21(35)36)23(38)34-20(13-16-5-9-18(10-6-16)27(30,31)45(42,43)44)24(39)33-19(22(32)37)12-15-3-7-17(8-4-15)26(28,29)25(40)41/h3-10,14,19-20H,2,11-13H2,1H3,(H2,32,37)(H,33,39)(H,34,38)(H,35,36)(H,40,41)(H2,42,43,44)/t14-,19?,20?/m0/s1. The number of hydrogen-bond donors (Lipinski definition) is 7. The summed E-state index contributed by atoms with van der Waals surface area (Å²) in [6, 6.07) is 4.30. The summed E-state index contributed by atoms with van der Waals surface area (Å²) in [4.78, 5) is 77.8. The molecule has 0 bridgehead atoms. The Morgan fingerprint density at radius 1 is 0.800 bits per heavy atom. The SMILES string of the molecule is C[C@@H](CCC(=O)O)C(=O)NC(Cc1ccc(C(F)(F)P(=O)(O)O)cc1)C(=O)NC(Cc1ccc(C(F)(F)C(=O)O)cc1)C(N)=O. The van der Waals surface area contributed by atoms with E-state index in [1.807, 2.05) is 0 Å². The van der Waals surface area contributed by atoms with Crippen molar-refractivity contribution in [3.05, 3.63) is 70.8 Å². The van der Waals surface area contributed by atoms with E-state index in [4.69, 9.17) is 25.7 Å². The first kappa shape index (κ1) is 36.8. The van der Waals surface area contributed by atoms with Gasteiger partial charge in [0.1, 0.15) is 12.1 Å². The highest BCUT2D eigenvalue weighted by Crippen LogP contribution is 2.59. The Morgan fingerprint density at radius 3 is 1.67 bits per heavy atom. The van der Waals surface area contributed by atoms with Crippen LogP contribution in [0.25, 0.3) is 0 Å². The number of hydrogen-bond acceptors (Lipinski definition) is 6. The molecule has 8 N–H and O–H groups in total. The molecule has 246 valence electrons. The maximum Gasteiger partial charge on any atom is 0.399 e. The van der Waals surface area contributed by atoms with E-state index in [1.54, 1.807) is 0 Å². The Morgan fingerprint density at radius 2 is 1.24 bits per heavy atom. The van der Waals surface area contributed by atoms with Gasteiger partial charge < -0.3 is 36.4 Å². The molecule has 0 aliphatic rings. The van der Waals surface area contributed by atoms with Crippen molar-refractivity contribution in [1.82, 2.24) is 10.6 Å². The zero-order valence-corrected chi connectivity index (χ0v) is 24.3. The van der Waals surface area contributed by atoms with Gasteiger partial charge in [0.15, 0.2) is 0 Å². The number of benzene rings is 2. The molecule has 0 saturated carbocycles. The van der Waals surface area contributed by atoms with Gasteiger partial charge in [0.05, 0.1) is 0 Å². The summed E-state index contributed by atoms with van der Waals surface area (Å²) in [5.74, 6) is -11.5. The molecule has 0 heterocycles. The molecule has 2 rings (SSSR count). The number of carboxylic acid groups (broad SMARTS) is 2. The Hall–Kier alpha value is -4.34. The molecule has 0 aliphatic carbocycles. The van der Waals surface area contributed by atoms with Crippen molar-refractivity contribution >= 4 is 37.3 Å². The molecule has 0 fully saturated rings. The molecule has 13 nitrogen and oxygen atoms in total. The van der Waals surface area contributed by atoms with Crippen molar-refractivity contribution in [2.24, 2.45) is 11.7 Å². The first-order valence-electron chi connectivity index (χ1n) is 13.0. The van der Waals surface area contributed by atoms with Gasteiger partial charge in [-0.2, -0.15) is 17.6 Å². The number of carboxylic acids is 2. The summed E-state index contributed by atoms with van der Waals surface area (Å²) >= 11 is 0. The number of carbonyl (C=O) groups is 5. The number of nitrogens with one attached hydrogen (secondary N) is 2. The van der Waals surface area contributed by atoms with Crippen LogP contribution in [-0.2, 0) is 53.0 Å². The normalized spacial score (nSPS) is 14.1. The van der Waals surface area contributed by atoms with Crippen molar-refractivity contribution in [2.75, 3.05) is 0 Å². The Bertz CT molecular complexity index is 1470. The fourth-order valence-corrected chi connectivity index (χ4v) is 4.43. The predicted octanol–water partition coefficient (Wildman–Crippen LogP) is 1.83. The average Bonchev–Trinajstić information content (AvgIpc) is 2.94. The fourth-order valence-electron chi connectivity index (χ4n) is 3.94. The molecule has 3 amide bonds. The molecule has 2 aromatic rings. The van der Waals surface area contributed by atoms with Crippen molar-refractivity contribution in [2.45, 2.75) is 56.3 Å². The lowest BCUT2D eigenvalue weighted by Gasteiger charge is -2.24. The van der Waals surface area contributed by atoms with Gasteiger partial charge in [-0.1, -0.05) is 55.5 Å². The number of amides is 3. The van der Waals surface area contributed by atoms with Gasteiger partial charge in [-0.3, -0.25) is 23.7 Å². The quantitative estimate of drug-likeness (QED) is 0.102. The molecule has 2 aromatic carbocycles. The van der Waals surface area contributed by atoms with E-state index in [1.165, 1.54) is 6.92 Å². The van der Waals surface area contributed by atoms with Crippen LogP contribution in [0.15, 0.2) is 48.5 Å². The van der Waals surface area contributed by atoms with Crippen LogP contribution in [0.1, 0.15) is 42.0 Å². The monoisotopic (exact) mass is 663 g/mol. The number of halogens is 4. The fraction of sp³-hybridized carbons (Fsp3) is 0.370. The van der Waals surface area contributed by atoms with Crippen LogP contribution in [0.2, 0.25) is 0 Å². The molecular formula is C27H30F4N3O10P. The molecule has 2 unspecified atom stereocenters. The minimum absolute atomic E-state index is 0.109. The summed E-state index contributed by atoms with van der Waals surface area (Å²) < 4.78 is 66.8. The third-order valence-corrected chi connectivity index (χ3v) is 7.65. The molecule has 0 aliphatic heterocycles. The van der Waals surface area contributed by atoms with Gasteiger partial charge in [-0.25, -0.2) is 4.79 Å². The van der Waals surface area contributed by atoms with Crippen LogP contribution in [0.3, 0.4) is 0 Å². The van der Waals surface area contributed by atoms with E-state index >= 15 is 0 Å². The van der Waals surface area contributed by atoms with Crippen LogP contribution in [0.5, 0.6) is 0 Å². The number of aliphatic carboxylic acids is 2. The van der Waals surface area contributed by atoms with Crippen LogP contribution < -0.4 is 16.4 Å². The van der Waals surface area contributed by atoms with E-state index < -0.39 is 84.4 Å². The largest absolute Gasteiger partial charge is 0.481 e. The van der Waals surface area contributed by atoms with Crippen molar-refractivity contribution < 1.29 is 66.1 Å². The maximum atomic E-state index is 14.1. The maximum absolute atomic E-state index is 14.1. The molecule has 45 heavy (non-hydrogen) atoms. The van der Waals surface area contributed by atoms with Gasteiger partial charge in [0, 0.05) is 36.3 Å². The molecule has 0 saturated heterocycles. The predicted molar refractivity (Wildman–Crippen MR) is 147 cm³/mol. The smallest absolute Gasteiger partial charge is 0.399 e. The van der Waals surface area contributed by atoms with Crippen LogP contribution in [0, 0.1) is 5.92 Å². The minimum atomic E-state index is -5.87. The Balaban J connectivity index is 2.31. The Labute approximate surface area is 253 Å². The van der Waals surface area contributed by atoms with Gasteiger partial charge in [-0.05, 0) is 17.5 Å². The molecule has 0 spiro atoms. The lowest BCUT2D eigenvalue weighted by molar-refractivity contribution is -0.166. The molecule has 0 radical (unpaired) electrons. The molecule has 3 atom stereocenters. The summed E-state index contributed by atoms with van der Waals surface area (Å²) in [6.07, 6.45) is -1.22. The summed E-state index contributed by atoms with van der Waals surface area (Å²) in [5, 5.41) is 22.3. The molecular weight excluding hydrogens is 633 g/mol. The highest BCUT2D eigenvalue weighted by molar-refractivity contribution is 7.52. The van der Waals surface area contributed by atoms with Gasteiger partial charge in [0.25, 0.3) is 0 Å². The third-order valence-electron chi connectivity index (χ3n) is 6.66. The number of rotatable bonds is 16. The molecule has 0 aromatic heterocycles.